The molecular weight excluding hydrogens is 1150 g/mol. The van der Waals surface area contributed by atoms with Crippen molar-refractivity contribution in [3.63, 3.8) is 0 Å². The summed E-state index contributed by atoms with van der Waals surface area (Å²) in [6.07, 6.45) is 0. The molecule has 0 saturated carbocycles. The number of nitrogens with zero attached hydrogens (tertiary/aromatic N) is 5. The third-order valence-corrected chi connectivity index (χ3v) is 20.0. The summed E-state index contributed by atoms with van der Waals surface area (Å²) in [7, 11) is 0. The average molecular weight is 1220 g/mol. The Kier molecular flexibility index (Phi) is 12.8. The Morgan fingerprint density at radius 1 is 0.253 bits per heavy atom. The van der Waals surface area contributed by atoms with Crippen LogP contribution in [0, 0.1) is 0 Å². The number of aromatic nitrogens is 5. The van der Waals surface area contributed by atoms with Gasteiger partial charge in [-0.25, -0.2) is 15.0 Å². The van der Waals surface area contributed by atoms with Crippen LogP contribution in [0.25, 0.3) is 156 Å². The second-order valence-corrected chi connectivity index (χ2v) is 28.0. The fourth-order valence-electron chi connectivity index (χ4n) is 15.2. The molecule has 0 saturated heterocycles. The van der Waals surface area contributed by atoms with Gasteiger partial charge >= 0.3 is 0 Å². The van der Waals surface area contributed by atoms with E-state index >= 15 is 0 Å². The summed E-state index contributed by atoms with van der Waals surface area (Å²) in [5.74, 6) is 1.75. The van der Waals surface area contributed by atoms with Crippen LogP contribution in [0.5, 0.6) is 0 Å². The van der Waals surface area contributed by atoms with Crippen LogP contribution in [-0.2, 0) is 10.8 Å². The van der Waals surface area contributed by atoms with E-state index in [0.29, 0.717) is 17.5 Å². The molecule has 0 fully saturated rings. The van der Waals surface area contributed by atoms with Gasteiger partial charge in [-0.2, -0.15) is 0 Å². The normalized spacial score (nSPS) is 12.5. The first-order valence-electron chi connectivity index (χ1n) is 33.2. The topological polar surface area (TPSA) is 48.5 Å². The molecule has 0 atom stereocenters. The van der Waals surface area contributed by atoms with E-state index in [9.17, 15) is 0 Å². The number of benzene rings is 13. The molecule has 0 bridgehead atoms. The van der Waals surface area contributed by atoms with Gasteiger partial charge in [-0.05, 0) is 190 Å². The van der Waals surface area contributed by atoms with E-state index in [2.05, 4.69) is 342 Å². The quantitative estimate of drug-likeness (QED) is 0.135. The van der Waals surface area contributed by atoms with Crippen molar-refractivity contribution in [3.05, 3.63) is 302 Å². The lowest BCUT2D eigenvalue weighted by Gasteiger charge is -2.34. The maximum absolute atomic E-state index is 5.80. The van der Waals surface area contributed by atoms with Crippen molar-refractivity contribution < 1.29 is 0 Å². The van der Waals surface area contributed by atoms with Crippen molar-refractivity contribution in [2.45, 2.75) is 52.4 Å². The Balaban J connectivity index is 0.985. The first-order chi connectivity index (χ1) is 46.3. The molecule has 0 spiro atoms. The van der Waals surface area contributed by atoms with E-state index in [1.165, 1.54) is 82.3 Å². The van der Waals surface area contributed by atoms with Gasteiger partial charge in [-0.3, -0.25) is 0 Å². The minimum atomic E-state index is -0.164. The van der Waals surface area contributed by atoms with Gasteiger partial charge in [0.25, 0.3) is 6.71 Å². The summed E-state index contributed by atoms with van der Waals surface area (Å²) in [4.78, 5) is 17.3. The van der Waals surface area contributed by atoms with Crippen molar-refractivity contribution in [2.75, 3.05) is 0 Å². The predicted molar refractivity (Wildman–Crippen MR) is 399 cm³/mol. The van der Waals surface area contributed by atoms with E-state index in [0.717, 1.165) is 83.6 Å². The molecule has 0 radical (unpaired) electrons. The minimum Gasteiger partial charge on any atom is -0.310 e. The van der Waals surface area contributed by atoms with Crippen LogP contribution in [-0.4, -0.2) is 30.8 Å². The minimum absolute atomic E-state index is 0.0909. The Hall–Kier alpha value is -11.5. The smallest absolute Gasteiger partial charge is 0.252 e. The third-order valence-electron chi connectivity index (χ3n) is 20.0. The van der Waals surface area contributed by atoms with Gasteiger partial charge in [0.1, 0.15) is 0 Å². The van der Waals surface area contributed by atoms with E-state index in [-0.39, 0.29) is 17.5 Å². The SMILES string of the molecule is CC(C)(C)c1ccc2c(c1)c1cc(-c3ccccc3)cc3c1n2-c1cc(-c2nc(-c4cc(-c5ccccc5)cc(-c5ccccc5)c4)nc(-c4cc(-c5ccccc5)cc(-c5ccccc5)c4)n2)cc2c1B3c1cc(-c3ccccc3)cc3c4cc(C(C)(C)C)ccc4n-2c13. The van der Waals surface area contributed by atoms with E-state index in [1.807, 2.05) is 0 Å². The van der Waals surface area contributed by atoms with Crippen LogP contribution in [0.2, 0.25) is 0 Å². The van der Waals surface area contributed by atoms with Gasteiger partial charge in [0, 0.05) is 60.6 Å². The Morgan fingerprint density at radius 2 is 0.526 bits per heavy atom. The molecule has 18 rings (SSSR count). The van der Waals surface area contributed by atoms with Crippen LogP contribution < -0.4 is 16.4 Å². The molecular formula is C89H66BN5. The monoisotopic (exact) mass is 1220 g/mol. The molecule has 5 heterocycles. The zero-order chi connectivity index (χ0) is 63.8. The van der Waals surface area contributed by atoms with E-state index < -0.39 is 0 Å². The number of hydrogen-bond donors (Lipinski definition) is 0. The zero-order valence-corrected chi connectivity index (χ0v) is 54.0. The van der Waals surface area contributed by atoms with Crippen LogP contribution in [0.3, 0.4) is 0 Å². The fraction of sp³-hybridized carbons (Fsp3) is 0.0899. The molecule has 0 aliphatic carbocycles. The van der Waals surface area contributed by atoms with E-state index in [1.54, 1.807) is 0 Å². The largest absolute Gasteiger partial charge is 0.310 e. The first kappa shape index (κ1) is 56.3. The van der Waals surface area contributed by atoms with Gasteiger partial charge in [0.05, 0.1) is 11.0 Å². The maximum Gasteiger partial charge on any atom is 0.252 e. The molecule has 2 aliphatic rings. The van der Waals surface area contributed by atoms with Crippen molar-refractivity contribution in [3.8, 4) is 112 Å². The predicted octanol–water partition coefficient (Wildman–Crippen LogP) is 20.8. The summed E-state index contributed by atoms with van der Waals surface area (Å²) in [6, 6.07) is 107. The molecule has 0 N–H and O–H groups in total. The molecule has 5 nitrogen and oxygen atoms in total. The Morgan fingerprint density at radius 3 is 0.821 bits per heavy atom. The number of rotatable bonds is 9. The van der Waals surface area contributed by atoms with Gasteiger partial charge in [0.2, 0.25) is 0 Å². The zero-order valence-electron chi connectivity index (χ0n) is 54.0. The van der Waals surface area contributed by atoms with Crippen molar-refractivity contribution >= 4 is 66.7 Å². The summed E-state index contributed by atoms with van der Waals surface area (Å²) in [5.41, 5.74) is 29.4. The number of hydrogen-bond acceptors (Lipinski definition) is 3. The summed E-state index contributed by atoms with van der Waals surface area (Å²) < 4.78 is 5.20. The van der Waals surface area contributed by atoms with Gasteiger partial charge in [-0.15, -0.1) is 0 Å². The molecule has 16 aromatic rings. The van der Waals surface area contributed by atoms with Gasteiger partial charge in [0.15, 0.2) is 17.5 Å². The standard InChI is InChI=1S/C89H66BN5/c1-88(2,3)70-37-39-78-72(53-70)74-47-65(59-33-21-11-22-34-59)49-76-83(74)94(78)80-51-69(52-81-82(80)90(76)77-50-66(60-35-23-12-24-36-60)48-75-73-54-71(89(4,5)6)38-40-79(73)95(81)84(75)77)87-92-85(67-43-61(55-25-13-7-14-26-55)41-62(44-67)56-27-15-8-16-28-56)91-86(93-87)68-45-63(57-29-17-9-18-30-57)42-64(46-68)58-31-19-10-20-32-58/h7-54H,1-6H3. The molecule has 0 unspecified atom stereocenters. The Labute approximate surface area is 554 Å². The molecule has 450 valence electrons. The van der Waals surface area contributed by atoms with Crippen molar-refractivity contribution in [1.82, 2.24) is 24.1 Å². The highest BCUT2D eigenvalue weighted by atomic mass is 15.1. The highest BCUT2D eigenvalue weighted by molar-refractivity contribution is 7.00. The summed E-state index contributed by atoms with van der Waals surface area (Å²) in [5, 5.41) is 4.94. The van der Waals surface area contributed by atoms with Crippen LogP contribution in [0.15, 0.2) is 291 Å². The van der Waals surface area contributed by atoms with E-state index in [4.69, 9.17) is 15.0 Å². The second kappa shape index (κ2) is 21.6. The molecule has 3 aromatic heterocycles. The average Bonchev–Trinajstić information content (AvgIpc) is 1.56. The lowest BCUT2D eigenvalue weighted by atomic mass is 9.34. The van der Waals surface area contributed by atoms with Crippen LogP contribution in [0.1, 0.15) is 52.7 Å². The fourth-order valence-corrected chi connectivity index (χ4v) is 15.2. The highest BCUT2D eigenvalue weighted by Crippen LogP contribution is 2.46. The lowest BCUT2D eigenvalue weighted by molar-refractivity contribution is 0.591. The first-order valence-corrected chi connectivity index (χ1v) is 33.2. The lowest BCUT2D eigenvalue weighted by Crippen LogP contribution is -2.59. The maximum atomic E-state index is 5.80. The van der Waals surface area contributed by atoms with Gasteiger partial charge in [-0.1, -0.05) is 248 Å². The molecule has 6 heteroatoms. The van der Waals surface area contributed by atoms with Gasteiger partial charge < -0.3 is 9.13 Å². The molecule has 13 aromatic carbocycles. The second-order valence-electron chi connectivity index (χ2n) is 28.0. The van der Waals surface area contributed by atoms with Crippen molar-refractivity contribution in [1.29, 1.82) is 0 Å². The molecule has 2 aliphatic heterocycles. The third kappa shape index (κ3) is 9.41. The summed E-state index contributed by atoms with van der Waals surface area (Å²) >= 11 is 0. The summed E-state index contributed by atoms with van der Waals surface area (Å²) in [6.45, 7) is 13.8. The highest BCUT2D eigenvalue weighted by Gasteiger charge is 2.42. The number of fused-ring (bicyclic) bond motifs is 10. The molecule has 0 amide bonds. The Bertz CT molecular complexity index is 5300. The molecule has 95 heavy (non-hydrogen) atoms. The van der Waals surface area contributed by atoms with Crippen LogP contribution in [0.4, 0.5) is 0 Å². The van der Waals surface area contributed by atoms with Crippen molar-refractivity contribution in [2.24, 2.45) is 0 Å². The van der Waals surface area contributed by atoms with Crippen LogP contribution >= 0.6 is 0 Å².